The molecule has 3 nitrogen and oxygen atoms in total. The van der Waals surface area contributed by atoms with Crippen LogP contribution in [0.2, 0.25) is 12.6 Å². The Bertz CT molecular complexity index is 176. The Balaban J connectivity index is 0. The average Bonchev–Trinajstić information content (AvgIpc) is 2.01. The average molecular weight is 221 g/mol. The maximum atomic E-state index is 9.19. The lowest BCUT2D eigenvalue weighted by Gasteiger charge is -1.94. The van der Waals surface area contributed by atoms with Crippen molar-refractivity contribution in [2.75, 3.05) is 6.26 Å². The maximum absolute atomic E-state index is 9.19. The van der Waals surface area contributed by atoms with Gasteiger partial charge in [-0.3, -0.25) is 4.55 Å². The smallest absolute Gasteiger partial charge is 0.261 e. The first kappa shape index (κ1) is 16.4. The van der Waals surface area contributed by atoms with Crippen LogP contribution in [0.3, 0.4) is 0 Å². The number of unbranched alkanes of at least 4 members (excludes halogenated alkanes) is 2. The van der Waals surface area contributed by atoms with E-state index in [0.717, 1.165) is 0 Å². The second-order valence-electron chi connectivity index (χ2n) is 3.31. The van der Waals surface area contributed by atoms with Crippen LogP contribution in [0.25, 0.3) is 0 Å². The minimum absolute atomic E-state index is 0.715. The first-order valence-electron chi connectivity index (χ1n) is 5.15. The molecule has 0 saturated heterocycles. The highest BCUT2D eigenvalue weighted by atomic mass is 32.2. The van der Waals surface area contributed by atoms with Gasteiger partial charge in [-0.1, -0.05) is 52.2 Å². The first-order valence-corrected chi connectivity index (χ1v) is 7.00. The summed E-state index contributed by atoms with van der Waals surface area (Å²) in [6.07, 6.45) is 8.80. The van der Waals surface area contributed by atoms with E-state index in [-0.39, 0.29) is 0 Å². The standard InChI is InChI=1S/C8H18B.CH4O3S/c1-3-5-7-9-8-6-4-2;1-5(2,3)4/h3-8H2,1-2H3;1H3,(H,2,3,4). The van der Waals surface area contributed by atoms with E-state index in [9.17, 15) is 8.42 Å². The number of hydrogen-bond donors (Lipinski definition) is 1. The summed E-state index contributed by atoms with van der Waals surface area (Å²) in [6, 6.07) is 0. The van der Waals surface area contributed by atoms with Crippen molar-refractivity contribution in [3.63, 3.8) is 0 Å². The quantitative estimate of drug-likeness (QED) is 0.426. The van der Waals surface area contributed by atoms with Crippen LogP contribution in [0.5, 0.6) is 0 Å². The zero-order valence-corrected chi connectivity index (χ0v) is 10.3. The molecule has 85 valence electrons. The molecule has 0 aliphatic carbocycles. The molecule has 14 heavy (non-hydrogen) atoms. The minimum Gasteiger partial charge on any atom is -0.286 e. The van der Waals surface area contributed by atoms with Gasteiger partial charge in [0, 0.05) is 0 Å². The monoisotopic (exact) mass is 221 g/mol. The highest BCUT2D eigenvalue weighted by molar-refractivity contribution is 7.85. The fourth-order valence-electron chi connectivity index (χ4n) is 0.841. The van der Waals surface area contributed by atoms with Crippen molar-refractivity contribution in [2.45, 2.75) is 52.2 Å². The fraction of sp³-hybridized carbons (Fsp3) is 1.00. The second-order valence-corrected chi connectivity index (χ2v) is 4.77. The van der Waals surface area contributed by atoms with E-state index in [1.54, 1.807) is 0 Å². The molecule has 0 aromatic rings. The molecule has 0 rings (SSSR count). The molecule has 0 fully saturated rings. The van der Waals surface area contributed by atoms with Crippen LogP contribution in [-0.4, -0.2) is 26.5 Å². The molecule has 0 aliphatic heterocycles. The molecule has 5 heteroatoms. The third kappa shape index (κ3) is 40.4. The van der Waals surface area contributed by atoms with Gasteiger partial charge in [-0.15, -0.1) is 0 Å². The van der Waals surface area contributed by atoms with Crippen molar-refractivity contribution in [3.05, 3.63) is 0 Å². The largest absolute Gasteiger partial charge is 0.286 e. The summed E-state index contributed by atoms with van der Waals surface area (Å²) in [7, 11) is -1.24. The van der Waals surface area contributed by atoms with Gasteiger partial charge in [-0.2, -0.15) is 8.42 Å². The van der Waals surface area contributed by atoms with Crippen LogP contribution in [0.4, 0.5) is 0 Å². The van der Waals surface area contributed by atoms with Gasteiger partial charge in [0.2, 0.25) is 0 Å². The third-order valence-electron chi connectivity index (χ3n) is 1.52. The summed E-state index contributed by atoms with van der Waals surface area (Å²) < 4.78 is 25.9. The SMILES string of the molecule is CCCC[B]CCCC.CS(=O)(=O)O. The Morgan fingerprint density at radius 3 is 1.57 bits per heavy atom. The Hall–Kier alpha value is -0.0251. The minimum atomic E-state index is -3.67. The third-order valence-corrected chi connectivity index (χ3v) is 1.52. The molecule has 0 amide bonds. The van der Waals surface area contributed by atoms with Crippen molar-refractivity contribution < 1.29 is 13.0 Å². The lowest BCUT2D eigenvalue weighted by atomic mass is 9.68. The van der Waals surface area contributed by atoms with Crippen LogP contribution in [0, 0.1) is 0 Å². The Morgan fingerprint density at radius 2 is 1.36 bits per heavy atom. The van der Waals surface area contributed by atoms with E-state index in [1.165, 1.54) is 38.3 Å². The highest BCUT2D eigenvalue weighted by Crippen LogP contribution is 1.99. The zero-order valence-electron chi connectivity index (χ0n) is 9.49. The Morgan fingerprint density at radius 1 is 1.07 bits per heavy atom. The van der Waals surface area contributed by atoms with E-state index in [1.807, 2.05) is 0 Å². The van der Waals surface area contributed by atoms with Crippen molar-refractivity contribution in [1.82, 2.24) is 0 Å². The van der Waals surface area contributed by atoms with Crippen molar-refractivity contribution >= 4 is 17.4 Å². The van der Waals surface area contributed by atoms with Crippen molar-refractivity contribution in [3.8, 4) is 0 Å². The lowest BCUT2D eigenvalue weighted by molar-refractivity contribution is 0.490. The van der Waals surface area contributed by atoms with Gasteiger partial charge in [0.25, 0.3) is 10.1 Å². The van der Waals surface area contributed by atoms with E-state index in [2.05, 4.69) is 21.1 Å². The Labute approximate surface area is 89.3 Å². The second kappa shape index (κ2) is 11.1. The summed E-state index contributed by atoms with van der Waals surface area (Å²) in [5.41, 5.74) is 0. The molecule has 0 heterocycles. The molecule has 1 N–H and O–H groups in total. The molecule has 1 radical (unpaired) electrons. The highest BCUT2D eigenvalue weighted by Gasteiger charge is 1.88. The maximum Gasteiger partial charge on any atom is 0.261 e. The van der Waals surface area contributed by atoms with Crippen molar-refractivity contribution in [1.29, 1.82) is 0 Å². The van der Waals surface area contributed by atoms with Crippen LogP contribution in [0.15, 0.2) is 0 Å². The number of hydrogen-bond acceptors (Lipinski definition) is 2. The predicted octanol–water partition coefficient (Wildman–Crippen LogP) is 2.63. The zero-order chi connectivity index (χ0) is 11.4. The first-order chi connectivity index (χ1) is 6.41. The molecule has 0 bridgehead atoms. The molecule has 0 aromatic carbocycles. The molecular weight excluding hydrogens is 199 g/mol. The molecule has 0 saturated carbocycles. The van der Waals surface area contributed by atoms with E-state index in [4.69, 9.17) is 4.55 Å². The van der Waals surface area contributed by atoms with Crippen LogP contribution in [-0.2, 0) is 10.1 Å². The van der Waals surface area contributed by atoms with Crippen LogP contribution >= 0.6 is 0 Å². The molecule has 0 aromatic heterocycles. The normalized spacial score (nSPS) is 10.3. The molecule has 0 unspecified atom stereocenters. The summed E-state index contributed by atoms with van der Waals surface area (Å²) in [5, 5.41) is 0. The van der Waals surface area contributed by atoms with Crippen molar-refractivity contribution in [2.24, 2.45) is 0 Å². The fourth-order valence-corrected chi connectivity index (χ4v) is 0.841. The summed E-state index contributed by atoms with van der Waals surface area (Å²) >= 11 is 0. The van der Waals surface area contributed by atoms with Gasteiger partial charge < -0.3 is 0 Å². The van der Waals surface area contributed by atoms with Gasteiger partial charge in [0.15, 0.2) is 0 Å². The Kier molecular flexibility index (Phi) is 13.0. The van der Waals surface area contributed by atoms with E-state index in [0.29, 0.717) is 6.26 Å². The van der Waals surface area contributed by atoms with Gasteiger partial charge in [0.05, 0.1) is 6.26 Å². The molecule has 0 aliphatic rings. The van der Waals surface area contributed by atoms with Crippen LogP contribution in [0.1, 0.15) is 39.5 Å². The predicted molar refractivity (Wildman–Crippen MR) is 62.7 cm³/mol. The topological polar surface area (TPSA) is 54.4 Å². The summed E-state index contributed by atoms with van der Waals surface area (Å²) in [4.78, 5) is 0. The summed E-state index contributed by atoms with van der Waals surface area (Å²) in [6.45, 7) is 4.49. The summed E-state index contributed by atoms with van der Waals surface area (Å²) in [5.74, 6) is 0. The lowest BCUT2D eigenvalue weighted by Crippen LogP contribution is -1.88. The molecule has 0 atom stereocenters. The van der Waals surface area contributed by atoms with Gasteiger partial charge in [-0.05, 0) is 0 Å². The van der Waals surface area contributed by atoms with Gasteiger partial charge in [0.1, 0.15) is 7.28 Å². The van der Waals surface area contributed by atoms with E-state index >= 15 is 0 Å². The van der Waals surface area contributed by atoms with Gasteiger partial charge >= 0.3 is 0 Å². The number of rotatable bonds is 6. The van der Waals surface area contributed by atoms with Crippen LogP contribution < -0.4 is 0 Å². The molecule has 0 spiro atoms. The van der Waals surface area contributed by atoms with Gasteiger partial charge in [-0.25, -0.2) is 0 Å². The molecular formula is C9H22BO3S. The van der Waals surface area contributed by atoms with E-state index < -0.39 is 10.1 Å².